The lowest BCUT2D eigenvalue weighted by molar-refractivity contribution is 0.661. The van der Waals surface area contributed by atoms with Crippen LogP contribution in [-0.4, -0.2) is 0 Å². The molecule has 0 atom stereocenters. The Morgan fingerprint density at radius 1 is 0.237 bits per heavy atom. The van der Waals surface area contributed by atoms with Crippen LogP contribution < -0.4 is 0 Å². The highest BCUT2D eigenvalue weighted by atomic mass is 14.4. The van der Waals surface area contributed by atoms with Gasteiger partial charge in [0.05, 0.1) is 0 Å². The van der Waals surface area contributed by atoms with Crippen LogP contribution in [0.2, 0.25) is 0 Å². The summed E-state index contributed by atoms with van der Waals surface area (Å²) in [6.45, 7) is 4.73. The molecule has 0 bridgehead atoms. The van der Waals surface area contributed by atoms with Gasteiger partial charge in [-0.05, 0) is 159 Å². The third kappa shape index (κ3) is 6.17. The Labute approximate surface area is 346 Å². The quantitative estimate of drug-likeness (QED) is 0.149. The lowest BCUT2D eigenvalue weighted by atomic mass is 9.81. The van der Waals surface area contributed by atoms with Gasteiger partial charge >= 0.3 is 0 Å². The van der Waals surface area contributed by atoms with E-state index in [0.717, 1.165) is 0 Å². The molecule has 0 nitrogen and oxygen atoms in total. The van der Waals surface area contributed by atoms with Crippen molar-refractivity contribution in [1.29, 1.82) is 0 Å². The van der Waals surface area contributed by atoms with Crippen LogP contribution in [0.4, 0.5) is 0 Å². The van der Waals surface area contributed by atoms with Crippen LogP contribution in [0.1, 0.15) is 25.0 Å². The van der Waals surface area contributed by atoms with Crippen molar-refractivity contribution in [3.05, 3.63) is 230 Å². The minimum absolute atomic E-state index is 0.0308. The molecule has 0 saturated heterocycles. The molecule has 278 valence electrons. The highest BCUT2D eigenvalue weighted by molar-refractivity contribution is 6.11. The standard InChI is InChI=1S/C59H42/c1-59(2)57-22-10-9-21-53(57)56-37-49-30-28-43-27-29-48(36-54(43)55(49)38-58(56)59)42-25-23-41(24-26-42)44-17-11-18-45(31-44)46-19-12-20-47(32-46)52-34-50(39-13-5-3-6-14-39)33-51(35-52)40-15-7-4-8-16-40/h3-38H,1-2H3. The van der Waals surface area contributed by atoms with E-state index in [1.165, 1.54) is 111 Å². The molecule has 1 aliphatic rings. The molecule has 11 rings (SSSR count). The smallest absolute Gasteiger partial charge is 0.0159 e. The molecule has 10 aromatic rings. The number of fused-ring (bicyclic) bond motifs is 6. The maximum atomic E-state index is 2.46. The second-order valence-corrected chi connectivity index (χ2v) is 16.6. The summed E-state index contributed by atoms with van der Waals surface area (Å²) in [4.78, 5) is 0. The second kappa shape index (κ2) is 14.0. The molecule has 0 fully saturated rings. The topological polar surface area (TPSA) is 0 Å². The van der Waals surface area contributed by atoms with Crippen LogP contribution in [0.15, 0.2) is 218 Å². The molecule has 0 aliphatic heterocycles. The van der Waals surface area contributed by atoms with Gasteiger partial charge in [-0.15, -0.1) is 0 Å². The minimum atomic E-state index is -0.0308. The van der Waals surface area contributed by atoms with Gasteiger partial charge in [0.2, 0.25) is 0 Å². The van der Waals surface area contributed by atoms with Crippen molar-refractivity contribution in [2.24, 2.45) is 0 Å². The molecule has 0 heterocycles. The molecule has 0 saturated carbocycles. The predicted octanol–water partition coefficient (Wildman–Crippen LogP) is 16.3. The average Bonchev–Trinajstić information content (AvgIpc) is 3.53. The van der Waals surface area contributed by atoms with Gasteiger partial charge < -0.3 is 0 Å². The van der Waals surface area contributed by atoms with Crippen LogP contribution in [0, 0.1) is 0 Å². The lowest BCUT2D eigenvalue weighted by Gasteiger charge is -2.22. The van der Waals surface area contributed by atoms with E-state index in [1.54, 1.807) is 0 Å². The lowest BCUT2D eigenvalue weighted by Crippen LogP contribution is -2.14. The number of rotatable bonds is 6. The Kier molecular flexibility index (Phi) is 8.27. The molecule has 0 spiro atoms. The van der Waals surface area contributed by atoms with Crippen molar-refractivity contribution >= 4 is 21.5 Å². The molecule has 1 aliphatic carbocycles. The van der Waals surface area contributed by atoms with E-state index >= 15 is 0 Å². The Balaban J connectivity index is 0.910. The van der Waals surface area contributed by atoms with Gasteiger partial charge in [-0.1, -0.05) is 184 Å². The van der Waals surface area contributed by atoms with Gasteiger partial charge in [0.1, 0.15) is 0 Å². The Hall–Kier alpha value is -7.28. The first-order valence-corrected chi connectivity index (χ1v) is 20.6. The molecule has 0 unspecified atom stereocenters. The average molecular weight is 751 g/mol. The minimum Gasteiger partial charge on any atom is -0.0622 e. The van der Waals surface area contributed by atoms with E-state index < -0.39 is 0 Å². The number of hydrogen-bond donors (Lipinski definition) is 0. The van der Waals surface area contributed by atoms with E-state index in [-0.39, 0.29) is 5.41 Å². The summed E-state index contributed by atoms with van der Waals surface area (Å²) in [5.41, 5.74) is 20.1. The van der Waals surface area contributed by atoms with Crippen LogP contribution in [-0.2, 0) is 5.41 Å². The van der Waals surface area contributed by atoms with E-state index in [2.05, 4.69) is 232 Å². The van der Waals surface area contributed by atoms with E-state index in [4.69, 9.17) is 0 Å². The summed E-state index contributed by atoms with van der Waals surface area (Å²) in [6.07, 6.45) is 0. The third-order valence-corrected chi connectivity index (χ3v) is 12.6. The zero-order chi connectivity index (χ0) is 39.5. The van der Waals surface area contributed by atoms with E-state index in [0.29, 0.717) is 0 Å². The molecule has 0 aromatic heterocycles. The molecular weight excluding hydrogens is 709 g/mol. The Morgan fingerprint density at radius 2 is 0.627 bits per heavy atom. The summed E-state index contributed by atoms with van der Waals surface area (Å²) in [5, 5.41) is 5.19. The van der Waals surface area contributed by atoms with E-state index in [9.17, 15) is 0 Å². The third-order valence-electron chi connectivity index (χ3n) is 12.6. The SMILES string of the molecule is CC1(C)c2ccccc2-c2cc3ccc4ccc(-c5ccc(-c6cccc(-c7cccc(-c8cc(-c9ccccc9)cc(-c9ccccc9)c8)c7)c6)cc5)cc4c3cc21. The maximum Gasteiger partial charge on any atom is 0.0159 e. The molecular formula is C59H42. The maximum absolute atomic E-state index is 2.46. The molecule has 0 N–H and O–H groups in total. The number of hydrogen-bond acceptors (Lipinski definition) is 0. The van der Waals surface area contributed by atoms with Gasteiger partial charge in [0.25, 0.3) is 0 Å². The van der Waals surface area contributed by atoms with Crippen LogP contribution in [0.3, 0.4) is 0 Å². The van der Waals surface area contributed by atoms with Crippen molar-refractivity contribution in [1.82, 2.24) is 0 Å². The summed E-state index contributed by atoms with van der Waals surface area (Å²) in [5.74, 6) is 0. The fourth-order valence-corrected chi connectivity index (χ4v) is 9.43. The predicted molar refractivity (Wildman–Crippen MR) is 252 cm³/mol. The van der Waals surface area contributed by atoms with Gasteiger partial charge in [-0.3, -0.25) is 0 Å². The fourth-order valence-electron chi connectivity index (χ4n) is 9.43. The van der Waals surface area contributed by atoms with Crippen molar-refractivity contribution < 1.29 is 0 Å². The first kappa shape index (κ1) is 34.9. The van der Waals surface area contributed by atoms with E-state index in [1.807, 2.05) is 0 Å². The second-order valence-electron chi connectivity index (χ2n) is 16.6. The van der Waals surface area contributed by atoms with Crippen molar-refractivity contribution in [2.75, 3.05) is 0 Å². The summed E-state index contributed by atoms with van der Waals surface area (Å²) >= 11 is 0. The van der Waals surface area contributed by atoms with Crippen LogP contribution in [0.25, 0.3) is 99.4 Å². The van der Waals surface area contributed by atoms with Crippen LogP contribution in [0.5, 0.6) is 0 Å². The number of benzene rings is 10. The zero-order valence-electron chi connectivity index (χ0n) is 33.3. The van der Waals surface area contributed by atoms with Crippen molar-refractivity contribution in [2.45, 2.75) is 19.3 Å². The summed E-state index contributed by atoms with van der Waals surface area (Å²) < 4.78 is 0. The largest absolute Gasteiger partial charge is 0.0622 e. The van der Waals surface area contributed by atoms with Gasteiger partial charge in [0.15, 0.2) is 0 Å². The molecule has 59 heavy (non-hydrogen) atoms. The summed E-state index contributed by atoms with van der Waals surface area (Å²) in [6, 6.07) is 80.6. The highest BCUT2D eigenvalue weighted by Crippen LogP contribution is 2.50. The molecule has 0 heteroatoms. The zero-order valence-corrected chi connectivity index (χ0v) is 33.3. The van der Waals surface area contributed by atoms with Gasteiger partial charge in [0, 0.05) is 5.41 Å². The van der Waals surface area contributed by atoms with Crippen molar-refractivity contribution in [3.63, 3.8) is 0 Å². The Bertz CT molecular complexity index is 3150. The van der Waals surface area contributed by atoms with Crippen molar-refractivity contribution in [3.8, 4) is 77.9 Å². The van der Waals surface area contributed by atoms with Gasteiger partial charge in [-0.2, -0.15) is 0 Å². The molecule has 0 amide bonds. The highest BCUT2D eigenvalue weighted by Gasteiger charge is 2.35. The fraction of sp³-hybridized carbons (Fsp3) is 0.0508. The monoisotopic (exact) mass is 750 g/mol. The molecule has 10 aromatic carbocycles. The normalized spacial score (nSPS) is 12.7. The van der Waals surface area contributed by atoms with Gasteiger partial charge in [-0.25, -0.2) is 0 Å². The first-order valence-electron chi connectivity index (χ1n) is 20.6. The first-order chi connectivity index (χ1) is 29.0. The Morgan fingerprint density at radius 3 is 1.24 bits per heavy atom. The van der Waals surface area contributed by atoms with Crippen LogP contribution >= 0.6 is 0 Å². The summed E-state index contributed by atoms with van der Waals surface area (Å²) in [7, 11) is 0. The molecule has 0 radical (unpaired) electrons.